The number of nitrogens with zero attached hydrogens (tertiary/aromatic N) is 1. The van der Waals surface area contributed by atoms with Crippen LogP contribution < -0.4 is 5.32 Å². The Hall–Kier alpha value is -1.93. The molecule has 0 aliphatic rings. The second-order valence-corrected chi connectivity index (χ2v) is 6.19. The van der Waals surface area contributed by atoms with Crippen LogP contribution in [0.25, 0.3) is 0 Å². The quantitative estimate of drug-likeness (QED) is 0.617. The Balaban J connectivity index is 0.000000648. The fraction of sp³-hybridized carbons (Fsp3) is 0.409. The zero-order valence-corrected chi connectivity index (χ0v) is 15.8. The lowest BCUT2D eigenvalue weighted by Gasteiger charge is -2.21. The number of nitrogens with one attached hydrogen (secondary N) is 1. The smallest absolute Gasteiger partial charge is 0.125 e. The second-order valence-electron chi connectivity index (χ2n) is 6.19. The largest absolute Gasteiger partial charge is 0.285 e. The fourth-order valence-corrected chi connectivity index (χ4v) is 2.18. The van der Waals surface area contributed by atoms with Crippen molar-refractivity contribution in [2.45, 2.75) is 59.7 Å². The van der Waals surface area contributed by atoms with Crippen molar-refractivity contribution in [3.05, 3.63) is 71.8 Å². The summed E-state index contributed by atoms with van der Waals surface area (Å²) in [4.78, 5) is 4.72. The lowest BCUT2D eigenvalue weighted by atomic mass is 10.1. The first-order valence-corrected chi connectivity index (χ1v) is 8.95. The zero-order valence-electron chi connectivity index (χ0n) is 15.8. The Kier molecular flexibility index (Phi) is 9.71. The minimum absolute atomic E-state index is 0.00333. The van der Waals surface area contributed by atoms with E-state index in [2.05, 4.69) is 74.6 Å². The van der Waals surface area contributed by atoms with Crippen LogP contribution >= 0.6 is 0 Å². The molecule has 0 amide bonds. The molecule has 1 N–H and O–H groups in total. The normalized spacial score (nSPS) is 12.5. The van der Waals surface area contributed by atoms with Crippen molar-refractivity contribution in [3.63, 3.8) is 0 Å². The first-order valence-electron chi connectivity index (χ1n) is 8.95. The van der Waals surface area contributed by atoms with Gasteiger partial charge >= 0.3 is 0 Å². The van der Waals surface area contributed by atoms with Gasteiger partial charge in [0.25, 0.3) is 0 Å². The molecule has 2 rings (SSSR count). The average molecular weight is 325 g/mol. The Morgan fingerprint density at radius 3 is 1.71 bits per heavy atom. The molecular formula is C22H32N2. The molecule has 0 radical (unpaired) electrons. The van der Waals surface area contributed by atoms with Gasteiger partial charge in [-0.2, -0.15) is 0 Å². The lowest BCUT2D eigenvalue weighted by molar-refractivity contribution is 0.480. The molecule has 0 fully saturated rings. The van der Waals surface area contributed by atoms with Crippen LogP contribution in [0.2, 0.25) is 0 Å². The number of rotatable bonds is 6. The highest BCUT2D eigenvalue weighted by molar-refractivity contribution is 5.79. The van der Waals surface area contributed by atoms with E-state index in [4.69, 9.17) is 4.99 Å². The standard InChI is InChI=1S/C18H22N2.C4H10/c1-14(2)19-18(17-12-8-5-9-13-17)20-15(3)16-10-6-4-7-11-16;1-3-4-2/h4-13,15,18,20H,1-3H3;3-4H2,1-2H3. The van der Waals surface area contributed by atoms with Crippen LogP contribution in [0, 0.1) is 0 Å². The van der Waals surface area contributed by atoms with E-state index in [1.165, 1.54) is 24.0 Å². The summed E-state index contributed by atoms with van der Waals surface area (Å²) in [6, 6.07) is 21.1. The van der Waals surface area contributed by atoms with Gasteiger partial charge in [0.15, 0.2) is 0 Å². The van der Waals surface area contributed by atoms with E-state index in [-0.39, 0.29) is 12.2 Å². The molecule has 24 heavy (non-hydrogen) atoms. The third-order valence-corrected chi connectivity index (χ3v) is 3.71. The van der Waals surface area contributed by atoms with Gasteiger partial charge in [-0.1, -0.05) is 87.4 Å². The number of unbranched alkanes of at least 4 members (excludes halogenated alkanes) is 1. The van der Waals surface area contributed by atoms with Crippen molar-refractivity contribution in [3.8, 4) is 0 Å². The first-order chi connectivity index (χ1) is 11.6. The molecule has 0 aliphatic carbocycles. The van der Waals surface area contributed by atoms with E-state index in [1.54, 1.807) is 0 Å². The van der Waals surface area contributed by atoms with Crippen molar-refractivity contribution in [1.29, 1.82) is 0 Å². The first kappa shape index (κ1) is 20.1. The SMILES string of the molecule is CC(C)=NC(NC(C)c1ccccc1)c1ccccc1.CCCC. The zero-order chi connectivity index (χ0) is 17.8. The molecule has 130 valence electrons. The highest BCUT2D eigenvalue weighted by Crippen LogP contribution is 2.20. The lowest BCUT2D eigenvalue weighted by Crippen LogP contribution is -2.24. The average Bonchev–Trinajstić information content (AvgIpc) is 2.62. The van der Waals surface area contributed by atoms with Gasteiger partial charge < -0.3 is 0 Å². The highest BCUT2D eigenvalue weighted by atomic mass is 15.1. The van der Waals surface area contributed by atoms with Gasteiger partial charge in [0.1, 0.15) is 6.17 Å². The van der Waals surface area contributed by atoms with E-state index in [0.717, 1.165) is 5.71 Å². The van der Waals surface area contributed by atoms with E-state index in [9.17, 15) is 0 Å². The molecule has 2 heteroatoms. The summed E-state index contributed by atoms with van der Waals surface area (Å²) < 4.78 is 0. The van der Waals surface area contributed by atoms with Gasteiger partial charge in [-0.3, -0.25) is 10.3 Å². The Labute approximate surface area is 148 Å². The van der Waals surface area contributed by atoms with Crippen LogP contribution in [0.1, 0.15) is 70.8 Å². The second kappa shape index (κ2) is 11.6. The third-order valence-electron chi connectivity index (χ3n) is 3.71. The summed E-state index contributed by atoms with van der Waals surface area (Å²) >= 11 is 0. The molecule has 2 unspecified atom stereocenters. The molecule has 0 heterocycles. The maximum absolute atomic E-state index is 4.72. The molecule has 2 aromatic carbocycles. The number of benzene rings is 2. The Morgan fingerprint density at radius 1 is 0.833 bits per heavy atom. The van der Waals surface area contributed by atoms with Gasteiger partial charge in [-0.15, -0.1) is 0 Å². The molecule has 2 aromatic rings. The van der Waals surface area contributed by atoms with Crippen LogP contribution in [-0.2, 0) is 0 Å². The summed E-state index contributed by atoms with van der Waals surface area (Å²) in [5.74, 6) is 0. The van der Waals surface area contributed by atoms with Gasteiger partial charge in [0, 0.05) is 11.8 Å². The van der Waals surface area contributed by atoms with Crippen LogP contribution in [-0.4, -0.2) is 5.71 Å². The molecule has 2 nitrogen and oxygen atoms in total. The van der Waals surface area contributed by atoms with Gasteiger partial charge in [0.05, 0.1) is 0 Å². The van der Waals surface area contributed by atoms with Crippen molar-refractivity contribution in [2.24, 2.45) is 4.99 Å². The van der Waals surface area contributed by atoms with Crippen LogP contribution in [0.4, 0.5) is 0 Å². The number of hydrogen-bond donors (Lipinski definition) is 1. The van der Waals surface area contributed by atoms with Gasteiger partial charge in [-0.25, -0.2) is 0 Å². The Bertz CT molecular complexity index is 569. The molecule has 2 atom stereocenters. The summed E-state index contributed by atoms with van der Waals surface area (Å²) in [6.07, 6.45) is 2.64. The van der Waals surface area contributed by atoms with E-state index < -0.39 is 0 Å². The minimum Gasteiger partial charge on any atom is -0.285 e. The van der Waals surface area contributed by atoms with Gasteiger partial charge in [0.2, 0.25) is 0 Å². The van der Waals surface area contributed by atoms with E-state index >= 15 is 0 Å². The minimum atomic E-state index is -0.00333. The predicted molar refractivity (Wildman–Crippen MR) is 107 cm³/mol. The third kappa shape index (κ3) is 7.56. The topological polar surface area (TPSA) is 24.4 Å². The summed E-state index contributed by atoms with van der Waals surface area (Å²) in [6.45, 7) is 10.6. The van der Waals surface area contributed by atoms with Crippen LogP contribution in [0.5, 0.6) is 0 Å². The highest BCUT2D eigenvalue weighted by Gasteiger charge is 2.13. The van der Waals surface area contributed by atoms with Crippen molar-refractivity contribution in [2.75, 3.05) is 0 Å². The van der Waals surface area contributed by atoms with E-state index in [0.29, 0.717) is 0 Å². The maximum Gasteiger partial charge on any atom is 0.125 e. The fourth-order valence-electron chi connectivity index (χ4n) is 2.18. The van der Waals surface area contributed by atoms with Gasteiger partial charge in [-0.05, 0) is 31.9 Å². The molecule has 0 spiro atoms. The molecule has 0 saturated carbocycles. The molecule has 0 aliphatic heterocycles. The number of aliphatic imine (C=N–C) groups is 1. The molecular weight excluding hydrogens is 292 g/mol. The van der Waals surface area contributed by atoms with Crippen molar-refractivity contribution < 1.29 is 0 Å². The number of hydrogen-bond acceptors (Lipinski definition) is 2. The van der Waals surface area contributed by atoms with Crippen LogP contribution in [0.3, 0.4) is 0 Å². The Morgan fingerprint density at radius 2 is 1.29 bits per heavy atom. The summed E-state index contributed by atoms with van der Waals surface area (Å²) in [5.41, 5.74) is 3.54. The summed E-state index contributed by atoms with van der Waals surface area (Å²) in [7, 11) is 0. The maximum atomic E-state index is 4.72. The summed E-state index contributed by atoms with van der Waals surface area (Å²) in [5, 5.41) is 3.59. The van der Waals surface area contributed by atoms with E-state index in [1.807, 2.05) is 26.0 Å². The predicted octanol–water partition coefficient (Wildman–Crippen LogP) is 6.32. The van der Waals surface area contributed by atoms with Crippen molar-refractivity contribution in [1.82, 2.24) is 5.32 Å². The monoisotopic (exact) mass is 324 g/mol. The van der Waals surface area contributed by atoms with Crippen molar-refractivity contribution >= 4 is 5.71 Å². The molecule has 0 bridgehead atoms. The molecule has 0 saturated heterocycles. The van der Waals surface area contributed by atoms with Crippen LogP contribution in [0.15, 0.2) is 65.7 Å². The molecule has 0 aromatic heterocycles.